The summed E-state index contributed by atoms with van der Waals surface area (Å²) in [7, 11) is 1.20. The summed E-state index contributed by atoms with van der Waals surface area (Å²) < 4.78 is 15.1. The molecule has 5 amide bonds. The second-order valence-electron chi connectivity index (χ2n) is 10.5. The van der Waals surface area contributed by atoms with Crippen LogP contribution in [0.4, 0.5) is 22.7 Å². The maximum atomic E-state index is 13.4. The van der Waals surface area contributed by atoms with Gasteiger partial charge in [-0.05, 0) is 43.3 Å². The van der Waals surface area contributed by atoms with E-state index in [1.165, 1.54) is 44.4 Å². The maximum Gasteiger partial charge on any atom is 0.349 e. The zero-order chi connectivity index (χ0) is 34.7. The molecule has 246 valence electrons. The van der Waals surface area contributed by atoms with Crippen molar-refractivity contribution in [1.82, 2.24) is 0 Å². The maximum absolute atomic E-state index is 13.4. The highest BCUT2D eigenvalue weighted by atomic mass is 16.5. The van der Waals surface area contributed by atoms with Crippen LogP contribution >= 0.6 is 0 Å². The lowest BCUT2D eigenvalue weighted by Crippen LogP contribution is -2.33. The molecule has 3 heterocycles. The van der Waals surface area contributed by atoms with Gasteiger partial charge in [0, 0.05) is 41.0 Å². The Morgan fingerprint density at radius 1 is 0.938 bits per heavy atom. The zero-order valence-electron chi connectivity index (χ0n) is 25.4. The average molecular weight is 659 g/mol. The summed E-state index contributed by atoms with van der Waals surface area (Å²) in [6.07, 6.45) is 1.85. The molecule has 0 saturated heterocycles. The molecular formula is C32H26N4O12. The number of benzene rings is 2. The fourth-order valence-electron chi connectivity index (χ4n) is 5.06. The number of anilines is 4. The lowest BCUT2D eigenvalue weighted by molar-refractivity contribution is -0.137. The summed E-state index contributed by atoms with van der Waals surface area (Å²) in [6, 6.07) is 9.64. The molecule has 0 spiro atoms. The standard InChI is InChI=1S/C32H26N4O12/c1-17-9-26(38)35(30(17)43)21-11-19(12-22(13-21)36-27(39)15-25(46-2)31(36)44)33-29(42)23-10-18-3-4-20(14-24(18)48-32(23)45)34(6-5-28(40)41)7-8-47-16-37/h3-4,9-16H,5-8H2,1-2H3,(H,33,42)(H,40,41). The van der Waals surface area contributed by atoms with E-state index < -0.39 is 46.7 Å². The van der Waals surface area contributed by atoms with Gasteiger partial charge in [0.2, 0.25) is 0 Å². The molecule has 0 atom stereocenters. The van der Waals surface area contributed by atoms with Crippen molar-refractivity contribution in [3.8, 4) is 0 Å². The number of rotatable bonds is 13. The topological polar surface area (TPSA) is 210 Å². The molecule has 3 aromatic rings. The van der Waals surface area contributed by atoms with E-state index >= 15 is 0 Å². The van der Waals surface area contributed by atoms with Gasteiger partial charge in [0.05, 0.1) is 37.5 Å². The average Bonchev–Trinajstić information content (AvgIpc) is 3.48. The van der Waals surface area contributed by atoms with E-state index in [0.29, 0.717) is 11.1 Å². The first kappa shape index (κ1) is 32.8. The molecule has 5 rings (SSSR count). The summed E-state index contributed by atoms with van der Waals surface area (Å²) in [4.78, 5) is 102. The van der Waals surface area contributed by atoms with E-state index in [2.05, 4.69) is 5.32 Å². The quantitative estimate of drug-likeness (QED) is 0.116. The van der Waals surface area contributed by atoms with Gasteiger partial charge in [0.1, 0.15) is 17.8 Å². The van der Waals surface area contributed by atoms with Crippen molar-refractivity contribution in [3.63, 3.8) is 0 Å². The Labute approximate surface area is 270 Å². The molecule has 2 aromatic carbocycles. The van der Waals surface area contributed by atoms with Crippen LogP contribution in [0.3, 0.4) is 0 Å². The molecule has 0 aliphatic carbocycles. The van der Waals surface area contributed by atoms with Gasteiger partial charge in [-0.15, -0.1) is 0 Å². The largest absolute Gasteiger partial charge is 0.491 e. The normalized spacial score (nSPS) is 14.3. The van der Waals surface area contributed by atoms with Crippen LogP contribution in [0, 0.1) is 0 Å². The molecule has 2 aliphatic heterocycles. The van der Waals surface area contributed by atoms with Crippen LogP contribution in [0.2, 0.25) is 0 Å². The summed E-state index contributed by atoms with van der Waals surface area (Å²) in [5.41, 5.74) is -1.01. The molecule has 0 fully saturated rings. The van der Waals surface area contributed by atoms with Gasteiger partial charge in [0.15, 0.2) is 5.76 Å². The van der Waals surface area contributed by atoms with E-state index in [1.807, 2.05) is 0 Å². The first-order chi connectivity index (χ1) is 22.9. The number of carboxylic acid groups (broad SMARTS) is 1. The Morgan fingerprint density at radius 3 is 2.23 bits per heavy atom. The summed E-state index contributed by atoms with van der Waals surface area (Å²) in [5, 5.41) is 11.9. The molecule has 0 radical (unpaired) electrons. The smallest absolute Gasteiger partial charge is 0.349 e. The first-order valence-corrected chi connectivity index (χ1v) is 14.2. The molecule has 0 bridgehead atoms. The zero-order valence-corrected chi connectivity index (χ0v) is 25.4. The number of nitrogens with one attached hydrogen (secondary N) is 1. The Balaban J connectivity index is 1.47. The first-order valence-electron chi connectivity index (χ1n) is 14.2. The molecular weight excluding hydrogens is 632 g/mol. The molecule has 16 heteroatoms. The van der Waals surface area contributed by atoms with Gasteiger partial charge in [-0.2, -0.15) is 0 Å². The van der Waals surface area contributed by atoms with Crippen LogP contribution in [-0.2, 0) is 38.2 Å². The molecule has 2 aliphatic rings. The highest BCUT2D eigenvalue weighted by Crippen LogP contribution is 2.33. The number of ether oxygens (including phenoxy) is 2. The van der Waals surface area contributed by atoms with Gasteiger partial charge in [-0.1, -0.05) is 0 Å². The number of carbonyl (C=O) groups is 7. The Morgan fingerprint density at radius 2 is 1.62 bits per heavy atom. The lowest BCUT2D eigenvalue weighted by Gasteiger charge is -2.23. The molecule has 48 heavy (non-hydrogen) atoms. The van der Waals surface area contributed by atoms with E-state index in [4.69, 9.17) is 19.0 Å². The molecule has 16 nitrogen and oxygen atoms in total. The molecule has 1 aromatic heterocycles. The third-order valence-electron chi connectivity index (χ3n) is 7.36. The van der Waals surface area contributed by atoms with Gasteiger partial charge in [-0.3, -0.25) is 33.6 Å². The number of aliphatic carboxylic acids is 1. The Bertz CT molecular complexity index is 2030. The highest BCUT2D eigenvalue weighted by molar-refractivity contribution is 6.32. The number of hydrogen-bond acceptors (Lipinski definition) is 12. The van der Waals surface area contributed by atoms with Crippen molar-refractivity contribution in [2.45, 2.75) is 13.3 Å². The van der Waals surface area contributed by atoms with Crippen molar-refractivity contribution in [3.05, 3.63) is 81.9 Å². The summed E-state index contributed by atoms with van der Waals surface area (Å²) in [5.74, 6) is -5.18. The minimum absolute atomic E-state index is 0.0204. The van der Waals surface area contributed by atoms with E-state index in [0.717, 1.165) is 22.0 Å². The van der Waals surface area contributed by atoms with Crippen LogP contribution in [0.25, 0.3) is 11.0 Å². The van der Waals surface area contributed by atoms with Crippen molar-refractivity contribution >= 4 is 75.7 Å². The van der Waals surface area contributed by atoms with Crippen molar-refractivity contribution in [2.24, 2.45) is 0 Å². The second-order valence-corrected chi connectivity index (χ2v) is 10.5. The van der Waals surface area contributed by atoms with E-state index in [1.54, 1.807) is 17.0 Å². The monoisotopic (exact) mass is 658 g/mol. The predicted octanol–water partition coefficient (Wildman–Crippen LogP) is 1.72. The van der Waals surface area contributed by atoms with Crippen LogP contribution in [0.5, 0.6) is 0 Å². The van der Waals surface area contributed by atoms with E-state index in [9.17, 15) is 38.4 Å². The van der Waals surface area contributed by atoms with Crippen molar-refractivity contribution < 1.29 is 52.6 Å². The fourth-order valence-corrected chi connectivity index (χ4v) is 5.06. The van der Waals surface area contributed by atoms with Crippen LogP contribution in [0.15, 0.2) is 75.2 Å². The number of imide groups is 2. The minimum Gasteiger partial charge on any atom is -0.491 e. The van der Waals surface area contributed by atoms with Crippen molar-refractivity contribution in [2.75, 3.05) is 46.8 Å². The number of fused-ring (bicyclic) bond motifs is 1. The minimum atomic E-state index is -1.04. The number of methoxy groups -OCH3 is 1. The summed E-state index contributed by atoms with van der Waals surface area (Å²) in [6.45, 7) is 1.91. The van der Waals surface area contributed by atoms with E-state index in [-0.39, 0.29) is 66.6 Å². The number of nitrogens with zero attached hydrogens (tertiary/aromatic N) is 3. The van der Waals surface area contributed by atoms with Crippen LogP contribution < -0.4 is 25.6 Å². The Hall–Kier alpha value is -6.58. The number of hydrogen-bond donors (Lipinski definition) is 2. The molecule has 0 saturated carbocycles. The number of carbonyl (C=O) groups excluding carboxylic acids is 6. The van der Waals surface area contributed by atoms with Gasteiger partial charge >= 0.3 is 17.5 Å². The van der Waals surface area contributed by atoms with Crippen molar-refractivity contribution in [1.29, 1.82) is 0 Å². The second kappa shape index (κ2) is 13.4. The highest BCUT2D eigenvalue weighted by Gasteiger charge is 2.36. The van der Waals surface area contributed by atoms with Gasteiger partial charge < -0.3 is 29.2 Å². The number of amides is 5. The molecule has 0 unspecified atom stereocenters. The van der Waals surface area contributed by atoms with Crippen LogP contribution in [-0.4, -0.2) is 73.9 Å². The SMILES string of the molecule is COC1=CC(=O)N(c2cc(NC(=O)c3cc4ccc(N(CCOC=O)CCC(=O)O)cc4oc3=O)cc(N3C(=O)C=C(C)C3=O)c2)C1=O. The summed E-state index contributed by atoms with van der Waals surface area (Å²) >= 11 is 0. The third-order valence-corrected chi connectivity index (χ3v) is 7.36. The number of carboxylic acids is 1. The van der Waals surface area contributed by atoms with Gasteiger partial charge in [-0.25, -0.2) is 14.6 Å². The fraction of sp³-hybridized carbons (Fsp3) is 0.188. The molecule has 2 N–H and O–H groups in total. The van der Waals surface area contributed by atoms with Gasteiger partial charge in [0.25, 0.3) is 30.1 Å². The lowest BCUT2D eigenvalue weighted by atomic mass is 10.1. The Kier molecular flexibility index (Phi) is 9.17. The predicted molar refractivity (Wildman–Crippen MR) is 167 cm³/mol. The van der Waals surface area contributed by atoms with Crippen LogP contribution in [0.1, 0.15) is 23.7 Å². The third kappa shape index (κ3) is 6.53.